The van der Waals surface area contributed by atoms with Crippen LogP contribution in [-0.2, 0) is 13.7 Å². The van der Waals surface area contributed by atoms with Crippen LogP contribution in [0.1, 0.15) is 5.56 Å². The molecule has 4 nitrogen and oxygen atoms in total. The first-order valence-electron chi connectivity index (χ1n) is 5.61. The average molecular weight is 245 g/mol. The molecule has 2 aromatic rings. The molecular formula is C14H15NO3. The van der Waals surface area contributed by atoms with Crippen LogP contribution in [0.4, 0.5) is 0 Å². The molecular weight excluding hydrogens is 230 g/mol. The predicted octanol–water partition coefficient (Wildman–Crippen LogP) is 1.55. The van der Waals surface area contributed by atoms with Crippen molar-refractivity contribution in [2.75, 3.05) is 7.11 Å². The number of nitrogens with zero attached hydrogens (tertiary/aromatic N) is 1. The third kappa shape index (κ3) is 2.15. The van der Waals surface area contributed by atoms with Gasteiger partial charge in [0.15, 0.2) is 0 Å². The summed E-state index contributed by atoms with van der Waals surface area (Å²) >= 11 is 0. The van der Waals surface area contributed by atoms with Gasteiger partial charge >= 0.3 is 0 Å². The Balaban J connectivity index is 2.50. The first kappa shape index (κ1) is 12.4. The van der Waals surface area contributed by atoms with Crippen molar-refractivity contribution in [3.63, 3.8) is 0 Å². The Morgan fingerprint density at radius 2 is 1.83 bits per heavy atom. The molecule has 4 heteroatoms. The largest absolute Gasteiger partial charge is 0.497 e. The van der Waals surface area contributed by atoms with Crippen LogP contribution >= 0.6 is 0 Å². The molecule has 0 aliphatic carbocycles. The minimum atomic E-state index is -0.241. The second-order valence-corrected chi connectivity index (χ2v) is 3.99. The van der Waals surface area contributed by atoms with Crippen molar-refractivity contribution in [2.45, 2.75) is 6.61 Å². The molecule has 1 N–H and O–H groups in total. The third-order valence-corrected chi connectivity index (χ3v) is 2.94. The van der Waals surface area contributed by atoms with Crippen LogP contribution in [0.15, 0.2) is 41.2 Å². The maximum atomic E-state index is 11.9. The summed E-state index contributed by atoms with van der Waals surface area (Å²) in [6.07, 6.45) is 0. The third-order valence-electron chi connectivity index (χ3n) is 2.94. The summed E-state index contributed by atoms with van der Waals surface area (Å²) < 4.78 is 6.63. The van der Waals surface area contributed by atoms with Crippen LogP contribution in [0.25, 0.3) is 11.3 Å². The summed E-state index contributed by atoms with van der Waals surface area (Å²) in [6.45, 7) is -0.241. The number of rotatable bonds is 3. The Morgan fingerprint density at radius 1 is 1.17 bits per heavy atom. The lowest BCUT2D eigenvalue weighted by Gasteiger charge is -2.10. The van der Waals surface area contributed by atoms with Gasteiger partial charge in [-0.3, -0.25) is 4.79 Å². The van der Waals surface area contributed by atoms with Crippen LogP contribution in [0.3, 0.4) is 0 Å². The van der Waals surface area contributed by atoms with Gasteiger partial charge in [-0.2, -0.15) is 0 Å². The van der Waals surface area contributed by atoms with Gasteiger partial charge in [0.1, 0.15) is 5.75 Å². The standard InChI is InChI=1S/C14H15NO3/c1-15-13(8-5-11(9-16)14(15)17)10-3-6-12(18-2)7-4-10/h3-8,16H,9H2,1-2H3. The van der Waals surface area contributed by atoms with Crippen LogP contribution in [0.5, 0.6) is 5.75 Å². The maximum Gasteiger partial charge on any atom is 0.256 e. The van der Waals surface area contributed by atoms with Crippen molar-refractivity contribution >= 4 is 0 Å². The van der Waals surface area contributed by atoms with Crippen molar-refractivity contribution < 1.29 is 9.84 Å². The second kappa shape index (κ2) is 5.06. The molecule has 94 valence electrons. The second-order valence-electron chi connectivity index (χ2n) is 3.99. The number of methoxy groups -OCH3 is 1. The number of pyridine rings is 1. The van der Waals surface area contributed by atoms with E-state index in [1.165, 1.54) is 4.57 Å². The van der Waals surface area contributed by atoms with Crippen LogP contribution in [-0.4, -0.2) is 16.8 Å². The lowest BCUT2D eigenvalue weighted by atomic mass is 10.1. The molecule has 0 spiro atoms. The van der Waals surface area contributed by atoms with Gasteiger partial charge in [0.05, 0.1) is 19.4 Å². The minimum Gasteiger partial charge on any atom is -0.497 e. The predicted molar refractivity (Wildman–Crippen MR) is 69.6 cm³/mol. The highest BCUT2D eigenvalue weighted by molar-refractivity contribution is 5.60. The molecule has 0 atom stereocenters. The zero-order valence-electron chi connectivity index (χ0n) is 10.4. The summed E-state index contributed by atoms with van der Waals surface area (Å²) in [6, 6.07) is 11.0. The summed E-state index contributed by atoms with van der Waals surface area (Å²) in [5.41, 5.74) is 1.96. The molecule has 1 heterocycles. The number of hydrogen-bond donors (Lipinski definition) is 1. The van der Waals surface area contributed by atoms with Crippen molar-refractivity contribution in [3.8, 4) is 17.0 Å². The molecule has 18 heavy (non-hydrogen) atoms. The van der Waals surface area contributed by atoms with E-state index in [1.807, 2.05) is 30.3 Å². The number of ether oxygens (including phenoxy) is 1. The van der Waals surface area contributed by atoms with Crippen LogP contribution in [0.2, 0.25) is 0 Å². The number of aromatic nitrogens is 1. The molecule has 0 aliphatic heterocycles. The van der Waals surface area contributed by atoms with Gasteiger partial charge in [0.2, 0.25) is 0 Å². The summed E-state index contributed by atoms with van der Waals surface area (Å²) in [4.78, 5) is 11.9. The first-order valence-corrected chi connectivity index (χ1v) is 5.61. The Bertz CT molecular complexity index is 599. The van der Waals surface area contributed by atoms with Gasteiger partial charge in [-0.05, 0) is 42.0 Å². The van der Waals surface area contributed by atoms with Crippen molar-refractivity contribution in [1.29, 1.82) is 0 Å². The number of hydrogen-bond acceptors (Lipinski definition) is 3. The van der Waals surface area contributed by atoms with E-state index in [-0.39, 0.29) is 12.2 Å². The number of benzene rings is 1. The topological polar surface area (TPSA) is 51.5 Å². The van der Waals surface area contributed by atoms with Gasteiger partial charge in [0, 0.05) is 12.6 Å². The Hall–Kier alpha value is -2.07. The van der Waals surface area contributed by atoms with E-state index < -0.39 is 0 Å². The van der Waals surface area contributed by atoms with Crippen molar-refractivity contribution in [3.05, 3.63) is 52.3 Å². The SMILES string of the molecule is COc1ccc(-c2ccc(CO)c(=O)n2C)cc1. The molecule has 0 radical (unpaired) electrons. The van der Waals surface area contributed by atoms with E-state index in [2.05, 4.69) is 0 Å². The zero-order valence-corrected chi connectivity index (χ0v) is 10.4. The van der Waals surface area contributed by atoms with Gasteiger partial charge in [-0.1, -0.05) is 0 Å². The van der Waals surface area contributed by atoms with Crippen molar-refractivity contribution in [1.82, 2.24) is 4.57 Å². The molecule has 2 rings (SSSR count). The first-order chi connectivity index (χ1) is 8.67. The molecule has 0 unspecified atom stereocenters. The molecule has 0 aliphatic rings. The maximum absolute atomic E-state index is 11.9. The van der Waals surface area contributed by atoms with Crippen LogP contribution in [0, 0.1) is 0 Å². The van der Waals surface area contributed by atoms with Crippen LogP contribution < -0.4 is 10.3 Å². The number of aliphatic hydroxyl groups is 1. The minimum absolute atomic E-state index is 0.175. The lowest BCUT2D eigenvalue weighted by molar-refractivity contribution is 0.279. The summed E-state index contributed by atoms with van der Waals surface area (Å²) in [5.74, 6) is 0.774. The zero-order chi connectivity index (χ0) is 13.1. The molecule has 0 bridgehead atoms. The summed E-state index contributed by atoms with van der Waals surface area (Å²) in [7, 11) is 3.31. The Labute approximate surface area is 105 Å². The molecule has 1 aromatic heterocycles. The fourth-order valence-electron chi connectivity index (χ4n) is 1.86. The fraction of sp³-hybridized carbons (Fsp3) is 0.214. The number of aliphatic hydroxyl groups excluding tert-OH is 1. The monoisotopic (exact) mass is 245 g/mol. The highest BCUT2D eigenvalue weighted by atomic mass is 16.5. The highest BCUT2D eigenvalue weighted by Crippen LogP contribution is 2.21. The Morgan fingerprint density at radius 3 is 2.39 bits per heavy atom. The lowest BCUT2D eigenvalue weighted by Crippen LogP contribution is -2.22. The quantitative estimate of drug-likeness (QED) is 0.892. The molecule has 0 fully saturated rings. The molecule has 0 amide bonds. The molecule has 1 aromatic carbocycles. The van der Waals surface area contributed by atoms with Crippen molar-refractivity contribution in [2.24, 2.45) is 7.05 Å². The van der Waals surface area contributed by atoms with E-state index in [4.69, 9.17) is 9.84 Å². The highest BCUT2D eigenvalue weighted by Gasteiger charge is 2.06. The van der Waals surface area contributed by atoms with Gasteiger partial charge in [-0.15, -0.1) is 0 Å². The Kier molecular flexibility index (Phi) is 3.48. The van der Waals surface area contributed by atoms with Gasteiger partial charge < -0.3 is 14.4 Å². The van der Waals surface area contributed by atoms with Gasteiger partial charge in [0.25, 0.3) is 5.56 Å². The fourth-order valence-corrected chi connectivity index (χ4v) is 1.86. The smallest absolute Gasteiger partial charge is 0.256 e. The molecule has 0 saturated heterocycles. The summed E-state index contributed by atoms with van der Waals surface area (Å²) in [5, 5.41) is 9.04. The van der Waals surface area contributed by atoms with E-state index in [0.29, 0.717) is 5.56 Å². The normalized spacial score (nSPS) is 10.4. The molecule has 0 saturated carbocycles. The average Bonchev–Trinajstić information content (AvgIpc) is 2.42. The van der Waals surface area contributed by atoms with E-state index >= 15 is 0 Å². The van der Waals surface area contributed by atoms with E-state index in [0.717, 1.165) is 17.0 Å². The van der Waals surface area contributed by atoms with E-state index in [9.17, 15) is 4.79 Å². The van der Waals surface area contributed by atoms with Gasteiger partial charge in [-0.25, -0.2) is 0 Å². The van der Waals surface area contributed by atoms with E-state index in [1.54, 1.807) is 20.2 Å².